The lowest BCUT2D eigenvalue weighted by atomic mass is 10.0. The molecular formula is C16H23Cl3F3N3O. The summed E-state index contributed by atoms with van der Waals surface area (Å²) in [6.07, 6.45) is -4.45. The lowest BCUT2D eigenvalue weighted by Gasteiger charge is -2.29. The highest BCUT2D eigenvalue weighted by Crippen LogP contribution is 2.34. The minimum Gasteiger partial charge on any atom is -0.372 e. The van der Waals surface area contributed by atoms with Gasteiger partial charge in [0, 0.05) is 25.6 Å². The van der Waals surface area contributed by atoms with Crippen LogP contribution < -0.4 is 16.0 Å². The molecule has 1 amide bonds. The topological polar surface area (TPSA) is 53.2 Å². The molecule has 0 aliphatic carbocycles. The Hall–Kier alpha value is -0.890. The van der Waals surface area contributed by atoms with Gasteiger partial charge in [-0.1, -0.05) is 25.4 Å². The third-order valence-electron chi connectivity index (χ3n) is 3.99. The third-order valence-corrected chi connectivity index (χ3v) is 4.30. The van der Waals surface area contributed by atoms with E-state index in [1.54, 1.807) is 0 Å². The van der Waals surface area contributed by atoms with Gasteiger partial charge in [0.1, 0.15) is 6.04 Å². The highest BCUT2D eigenvalue weighted by atomic mass is 35.5. The van der Waals surface area contributed by atoms with Crippen LogP contribution in [0.3, 0.4) is 0 Å². The smallest absolute Gasteiger partial charge is 0.372 e. The molecule has 3 N–H and O–H groups in total. The molecule has 4 nitrogen and oxygen atoms in total. The zero-order chi connectivity index (χ0) is 17.9. The van der Waals surface area contributed by atoms with E-state index in [0.29, 0.717) is 18.2 Å². The molecule has 10 heteroatoms. The summed E-state index contributed by atoms with van der Waals surface area (Å²) in [6.45, 7) is 6.06. The van der Waals surface area contributed by atoms with Crippen molar-refractivity contribution in [2.24, 2.45) is 11.8 Å². The van der Waals surface area contributed by atoms with Gasteiger partial charge < -0.3 is 16.0 Å². The fraction of sp³-hybridized carbons (Fsp3) is 0.562. The Morgan fingerprint density at radius 3 is 2.35 bits per heavy atom. The summed E-state index contributed by atoms with van der Waals surface area (Å²) >= 11 is 5.95. The van der Waals surface area contributed by atoms with Gasteiger partial charge in [-0.2, -0.15) is 13.2 Å². The summed E-state index contributed by atoms with van der Waals surface area (Å²) in [6, 6.07) is 2.49. The summed E-state index contributed by atoms with van der Waals surface area (Å²) < 4.78 is 38.1. The van der Waals surface area contributed by atoms with Crippen molar-refractivity contribution in [3.05, 3.63) is 28.8 Å². The van der Waals surface area contributed by atoms with Gasteiger partial charge >= 0.3 is 6.18 Å². The van der Waals surface area contributed by atoms with E-state index in [1.165, 1.54) is 6.07 Å². The van der Waals surface area contributed by atoms with Crippen LogP contribution in [0.5, 0.6) is 0 Å². The minimum absolute atomic E-state index is 0. The molecule has 0 aromatic heterocycles. The Balaban J connectivity index is 0.00000312. The van der Waals surface area contributed by atoms with E-state index in [4.69, 9.17) is 11.6 Å². The van der Waals surface area contributed by atoms with Gasteiger partial charge in [-0.15, -0.1) is 24.8 Å². The Kier molecular flexibility index (Phi) is 10.1. The second-order valence-corrected chi connectivity index (χ2v) is 6.74. The molecule has 150 valence electrons. The van der Waals surface area contributed by atoms with Gasteiger partial charge in [0.2, 0.25) is 5.91 Å². The molecule has 1 aliphatic rings. The van der Waals surface area contributed by atoms with Crippen molar-refractivity contribution in [3.8, 4) is 0 Å². The van der Waals surface area contributed by atoms with E-state index in [9.17, 15) is 18.0 Å². The van der Waals surface area contributed by atoms with E-state index < -0.39 is 17.8 Å². The first-order valence-corrected chi connectivity index (χ1v) is 8.18. The van der Waals surface area contributed by atoms with Gasteiger partial charge in [0.15, 0.2) is 0 Å². The number of hydrogen-bond acceptors (Lipinski definition) is 3. The van der Waals surface area contributed by atoms with Crippen molar-refractivity contribution in [2.45, 2.75) is 26.1 Å². The Labute approximate surface area is 168 Å². The molecule has 1 atom stereocenters. The normalized spacial score (nSPS) is 15.3. The molecule has 1 saturated heterocycles. The molecule has 2 rings (SSSR count). The molecule has 1 fully saturated rings. The monoisotopic (exact) mass is 435 g/mol. The molecule has 1 aromatic carbocycles. The molecular weight excluding hydrogens is 414 g/mol. The van der Waals surface area contributed by atoms with Crippen molar-refractivity contribution in [1.29, 1.82) is 0 Å². The van der Waals surface area contributed by atoms with Gasteiger partial charge in [-0.05, 0) is 24.1 Å². The van der Waals surface area contributed by atoms with Gasteiger partial charge in [0.05, 0.1) is 16.3 Å². The van der Waals surface area contributed by atoms with Crippen LogP contribution in [0.2, 0.25) is 5.02 Å². The molecule has 0 saturated carbocycles. The maximum atomic E-state index is 12.7. The largest absolute Gasteiger partial charge is 0.416 e. The molecule has 1 unspecified atom stereocenters. The van der Waals surface area contributed by atoms with Crippen molar-refractivity contribution < 1.29 is 18.0 Å². The second-order valence-electron chi connectivity index (χ2n) is 6.33. The lowest BCUT2D eigenvalue weighted by Crippen LogP contribution is -2.51. The SMILES string of the molecule is CC(C)C(Nc1ccc(C(F)(F)F)cc1Cl)C(=O)NCC1CNC1.Cl.Cl. The summed E-state index contributed by atoms with van der Waals surface area (Å²) in [4.78, 5) is 12.4. The number of alkyl halides is 3. The number of carbonyl (C=O) groups excluding carboxylic acids is 1. The Morgan fingerprint density at radius 2 is 1.92 bits per heavy atom. The van der Waals surface area contributed by atoms with Crippen LogP contribution in [-0.2, 0) is 11.0 Å². The number of halogens is 6. The first kappa shape index (κ1) is 25.1. The van der Waals surface area contributed by atoms with Crippen LogP contribution >= 0.6 is 36.4 Å². The Bertz CT molecular complexity index is 596. The van der Waals surface area contributed by atoms with Crippen molar-refractivity contribution in [1.82, 2.24) is 10.6 Å². The molecule has 0 radical (unpaired) electrons. The number of anilines is 1. The van der Waals surface area contributed by atoms with Gasteiger partial charge in [0.25, 0.3) is 0 Å². The van der Waals surface area contributed by atoms with Crippen LogP contribution in [0.15, 0.2) is 18.2 Å². The third kappa shape index (κ3) is 6.68. The van der Waals surface area contributed by atoms with E-state index in [1.807, 2.05) is 13.8 Å². The maximum Gasteiger partial charge on any atom is 0.416 e. The first-order valence-electron chi connectivity index (χ1n) is 7.80. The zero-order valence-electron chi connectivity index (χ0n) is 14.3. The Morgan fingerprint density at radius 1 is 1.31 bits per heavy atom. The highest BCUT2D eigenvalue weighted by molar-refractivity contribution is 6.33. The highest BCUT2D eigenvalue weighted by Gasteiger charge is 2.31. The first-order chi connectivity index (χ1) is 11.2. The summed E-state index contributed by atoms with van der Waals surface area (Å²) in [5, 5.41) is 8.90. The predicted octanol–water partition coefficient (Wildman–Crippen LogP) is 3.97. The summed E-state index contributed by atoms with van der Waals surface area (Å²) in [7, 11) is 0. The second kappa shape index (κ2) is 10.4. The van der Waals surface area contributed by atoms with Crippen molar-refractivity contribution in [2.75, 3.05) is 25.0 Å². The van der Waals surface area contributed by atoms with Gasteiger partial charge in [-0.3, -0.25) is 4.79 Å². The minimum atomic E-state index is -4.45. The number of carbonyl (C=O) groups is 1. The molecule has 1 aromatic rings. The maximum absolute atomic E-state index is 12.7. The van der Waals surface area contributed by atoms with Crippen molar-refractivity contribution >= 4 is 48.0 Å². The van der Waals surface area contributed by atoms with Crippen LogP contribution in [-0.4, -0.2) is 31.6 Å². The van der Waals surface area contributed by atoms with E-state index >= 15 is 0 Å². The number of amides is 1. The molecule has 0 bridgehead atoms. The molecule has 26 heavy (non-hydrogen) atoms. The predicted molar refractivity (Wildman–Crippen MR) is 103 cm³/mol. The quantitative estimate of drug-likeness (QED) is 0.632. The lowest BCUT2D eigenvalue weighted by molar-refractivity contribution is -0.137. The van der Waals surface area contributed by atoms with E-state index in [2.05, 4.69) is 16.0 Å². The number of rotatable bonds is 6. The molecule has 1 heterocycles. The number of benzene rings is 1. The fourth-order valence-electron chi connectivity index (χ4n) is 2.36. The van der Waals surface area contributed by atoms with Crippen LogP contribution in [0.25, 0.3) is 0 Å². The number of hydrogen-bond donors (Lipinski definition) is 3. The van der Waals surface area contributed by atoms with Crippen LogP contribution in [0.4, 0.5) is 18.9 Å². The molecule has 0 spiro atoms. The average Bonchev–Trinajstić information content (AvgIpc) is 2.42. The van der Waals surface area contributed by atoms with Crippen LogP contribution in [0, 0.1) is 11.8 Å². The standard InChI is InChI=1S/C16H21ClF3N3O.2ClH/c1-9(2)14(15(24)22-8-10-6-21-7-10)23-13-4-3-11(5-12(13)17)16(18,19)20;;/h3-5,9-10,14,21,23H,6-8H2,1-2H3,(H,22,24);2*1H. The summed E-state index contributed by atoms with van der Waals surface area (Å²) in [5.41, 5.74) is -0.509. The average molecular weight is 437 g/mol. The van der Waals surface area contributed by atoms with Crippen molar-refractivity contribution in [3.63, 3.8) is 0 Å². The summed E-state index contributed by atoms with van der Waals surface area (Å²) in [5.74, 6) is 0.187. The van der Waals surface area contributed by atoms with E-state index in [-0.39, 0.29) is 41.7 Å². The fourth-order valence-corrected chi connectivity index (χ4v) is 2.59. The number of nitrogens with one attached hydrogen (secondary N) is 3. The zero-order valence-corrected chi connectivity index (χ0v) is 16.7. The van der Waals surface area contributed by atoms with E-state index in [0.717, 1.165) is 25.2 Å². The molecule has 1 aliphatic heterocycles. The van der Waals surface area contributed by atoms with Gasteiger partial charge in [-0.25, -0.2) is 0 Å². The van der Waals surface area contributed by atoms with Crippen LogP contribution in [0.1, 0.15) is 19.4 Å².